The zero-order valence-electron chi connectivity index (χ0n) is 9.92. The Kier molecular flexibility index (Phi) is 3.86. The molecule has 1 rings (SSSR count). The molecule has 0 radical (unpaired) electrons. The number of thiocarbonyl (C=S) groups is 1. The van der Waals surface area contributed by atoms with Gasteiger partial charge in [0.15, 0.2) is 0 Å². The second kappa shape index (κ2) is 4.75. The fourth-order valence-corrected chi connectivity index (χ4v) is 1.42. The molecule has 2 heteroatoms. The topological polar surface area (TPSA) is 12.0 Å². The third-order valence-corrected chi connectivity index (χ3v) is 2.75. The maximum Gasteiger partial charge on any atom is 0.0794 e. The summed E-state index contributed by atoms with van der Waals surface area (Å²) in [7, 11) is 0. The molecule has 15 heavy (non-hydrogen) atoms. The summed E-state index contributed by atoms with van der Waals surface area (Å²) in [6.07, 6.45) is 0.885. The van der Waals surface area contributed by atoms with Gasteiger partial charge in [0.1, 0.15) is 0 Å². The summed E-state index contributed by atoms with van der Waals surface area (Å²) in [5.74, 6) is 0. The first-order valence-electron chi connectivity index (χ1n) is 5.34. The molecule has 1 N–H and O–H groups in total. The van der Waals surface area contributed by atoms with E-state index in [1.807, 2.05) is 0 Å². The van der Waals surface area contributed by atoms with Gasteiger partial charge in [-0.1, -0.05) is 52.0 Å². The number of hydrogen-bond donors (Lipinski definition) is 1. The molecule has 1 nitrogen and oxygen atoms in total. The SMILES string of the molecule is CCC(=S)Nc1ccc(C(C)(C)C)cc1. The van der Waals surface area contributed by atoms with E-state index in [9.17, 15) is 0 Å². The van der Waals surface area contributed by atoms with Gasteiger partial charge in [-0.15, -0.1) is 0 Å². The zero-order chi connectivity index (χ0) is 11.5. The molecule has 0 bridgehead atoms. The van der Waals surface area contributed by atoms with E-state index in [1.54, 1.807) is 0 Å². The van der Waals surface area contributed by atoms with Crippen LogP contribution in [0.3, 0.4) is 0 Å². The maximum atomic E-state index is 5.13. The Morgan fingerprint density at radius 3 is 2.13 bits per heavy atom. The number of benzene rings is 1. The molecular formula is C13H19NS. The van der Waals surface area contributed by atoms with Crippen LogP contribution >= 0.6 is 12.2 Å². The minimum Gasteiger partial charge on any atom is -0.350 e. The van der Waals surface area contributed by atoms with E-state index in [1.165, 1.54) is 5.56 Å². The van der Waals surface area contributed by atoms with Gasteiger partial charge in [0.05, 0.1) is 4.99 Å². The number of rotatable bonds is 2. The Morgan fingerprint density at radius 2 is 1.73 bits per heavy atom. The van der Waals surface area contributed by atoms with E-state index < -0.39 is 0 Å². The van der Waals surface area contributed by atoms with Crippen molar-refractivity contribution in [1.29, 1.82) is 0 Å². The second-order valence-corrected chi connectivity index (χ2v) is 5.22. The molecule has 1 aromatic carbocycles. The van der Waals surface area contributed by atoms with Gasteiger partial charge < -0.3 is 5.32 Å². The standard InChI is InChI=1S/C13H19NS/c1-5-12(15)14-11-8-6-10(7-9-11)13(2,3)4/h6-9H,5H2,1-4H3,(H,14,15). The van der Waals surface area contributed by atoms with Crippen molar-refractivity contribution in [3.8, 4) is 0 Å². The van der Waals surface area contributed by atoms with E-state index in [-0.39, 0.29) is 5.41 Å². The molecule has 0 aromatic heterocycles. The molecule has 0 aliphatic heterocycles. The summed E-state index contributed by atoms with van der Waals surface area (Å²) in [6, 6.07) is 8.48. The summed E-state index contributed by atoms with van der Waals surface area (Å²) in [4.78, 5) is 0.888. The van der Waals surface area contributed by atoms with Crippen LogP contribution in [0.1, 0.15) is 39.7 Å². The highest BCUT2D eigenvalue weighted by Gasteiger charge is 2.12. The van der Waals surface area contributed by atoms with E-state index in [4.69, 9.17) is 12.2 Å². The van der Waals surface area contributed by atoms with Crippen molar-refractivity contribution in [2.75, 3.05) is 5.32 Å². The highest BCUT2D eigenvalue weighted by molar-refractivity contribution is 7.80. The van der Waals surface area contributed by atoms with Crippen LogP contribution in [0.5, 0.6) is 0 Å². The van der Waals surface area contributed by atoms with Crippen molar-refractivity contribution in [3.63, 3.8) is 0 Å². The summed E-state index contributed by atoms with van der Waals surface area (Å²) in [6.45, 7) is 8.70. The van der Waals surface area contributed by atoms with Gasteiger partial charge in [-0.2, -0.15) is 0 Å². The van der Waals surface area contributed by atoms with Crippen LogP contribution in [0.4, 0.5) is 5.69 Å². The predicted molar refractivity (Wildman–Crippen MR) is 71.7 cm³/mol. The van der Waals surface area contributed by atoms with Crippen LogP contribution in [-0.4, -0.2) is 4.99 Å². The van der Waals surface area contributed by atoms with E-state index in [2.05, 4.69) is 57.3 Å². The minimum absolute atomic E-state index is 0.212. The minimum atomic E-state index is 0.212. The van der Waals surface area contributed by atoms with Gasteiger partial charge in [-0.05, 0) is 29.5 Å². The highest BCUT2D eigenvalue weighted by atomic mass is 32.1. The van der Waals surface area contributed by atoms with Crippen molar-refractivity contribution in [2.24, 2.45) is 0 Å². The van der Waals surface area contributed by atoms with Crippen LogP contribution in [0, 0.1) is 0 Å². The molecule has 0 heterocycles. The molecular weight excluding hydrogens is 202 g/mol. The lowest BCUT2D eigenvalue weighted by atomic mass is 9.87. The van der Waals surface area contributed by atoms with Crippen molar-refractivity contribution < 1.29 is 0 Å². The summed E-state index contributed by atoms with van der Waals surface area (Å²) >= 11 is 5.13. The van der Waals surface area contributed by atoms with Crippen molar-refractivity contribution >= 4 is 22.9 Å². The normalized spacial score (nSPS) is 11.2. The van der Waals surface area contributed by atoms with Gasteiger partial charge in [-0.3, -0.25) is 0 Å². The van der Waals surface area contributed by atoms with Crippen LogP contribution < -0.4 is 5.32 Å². The Bertz CT molecular complexity index is 333. The third kappa shape index (κ3) is 3.63. The molecule has 0 aliphatic rings. The van der Waals surface area contributed by atoms with Crippen LogP contribution in [0.25, 0.3) is 0 Å². The van der Waals surface area contributed by atoms with Crippen molar-refractivity contribution in [3.05, 3.63) is 29.8 Å². The molecule has 0 aliphatic carbocycles. The average Bonchev–Trinajstić information content (AvgIpc) is 2.17. The Labute approximate surface area is 97.9 Å². The molecule has 1 aromatic rings. The fourth-order valence-electron chi connectivity index (χ4n) is 1.30. The van der Waals surface area contributed by atoms with Crippen molar-refractivity contribution in [2.45, 2.75) is 39.5 Å². The molecule has 0 atom stereocenters. The first-order valence-corrected chi connectivity index (χ1v) is 5.74. The molecule has 0 fully saturated rings. The highest BCUT2D eigenvalue weighted by Crippen LogP contribution is 2.23. The number of hydrogen-bond acceptors (Lipinski definition) is 1. The second-order valence-electron chi connectivity index (χ2n) is 4.73. The lowest BCUT2D eigenvalue weighted by Gasteiger charge is -2.19. The average molecular weight is 221 g/mol. The summed E-state index contributed by atoms with van der Waals surface area (Å²) in [5.41, 5.74) is 2.63. The molecule has 0 spiro atoms. The Hall–Kier alpha value is -0.890. The number of nitrogens with one attached hydrogen (secondary N) is 1. The van der Waals surface area contributed by atoms with Gasteiger partial charge in [0, 0.05) is 5.69 Å². The molecule has 0 amide bonds. The lowest BCUT2D eigenvalue weighted by molar-refractivity contribution is 0.590. The molecule has 0 unspecified atom stereocenters. The first kappa shape index (κ1) is 12.2. The summed E-state index contributed by atoms with van der Waals surface area (Å²) in [5, 5.41) is 3.20. The number of anilines is 1. The monoisotopic (exact) mass is 221 g/mol. The maximum absolute atomic E-state index is 5.13. The predicted octanol–water partition coefficient (Wildman–Crippen LogP) is 4.13. The lowest BCUT2D eigenvalue weighted by Crippen LogP contribution is -2.11. The fraction of sp³-hybridized carbons (Fsp3) is 0.462. The Balaban J connectivity index is 2.77. The van der Waals surface area contributed by atoms with Gasteiger partial charge in [-0.25, -0.2) is 0 Å². The summed E-state index contributed by atoms with van der Waals surface area (Å²) < 4.78 is 0. The van der Waals surface area contributed by atoms with Gasteiger partial charge >= 0.3 is 0 Å². The van der Waals surface area contributed by atoms with Crippen LogP contribution in [0.2, 0.25) is 0 Å². The third-order valence-electron chi connectivity index (χ3n) is 2.36. The van der Waals surface area contributed by atoms with E-state index in [0.717, 1.165) is 17.1 Å². The molecule has 0 saturated heterocycles. The van der Waals surface area contributed by atoms with Gasteiger partial charge in [0.25, 0.3) is 0 Å². The smallest absolute Gasteiger partial charge is 0.0794 e. The Morgan fingerprint density at radius 1 is 1.20 bits per heavy atom. The van der Waals surface area contributed by atoms with E-state index in [0.29, 0.717) is 0 Å². The quantitative estimate of drug-likeness (QED) is 0.753. The van der Waals surface area contributed by atoms with Crippen molar-refractivity contribution in [1.82, 2.24) is 0 Å². The van der Waals surface area contributed by atoms with Crippen LogP contribution in [0.15, 0.2) is 24.3 Å². The van der Waals surface area contributed by atoms with Gasteiger partial charge in [0.2, 0.25) is 0 Å². The molecule has 82 valence electrons. The largest absolute Gasteiger partial charge is 0.350 e. The zero-order valence-corrected chi connectivity index (χ0v) is 10.7. The first-order chi connectivity index (χ1) is 6.93. The van der Waals surface area contributed by atoms with Crippen LogP contribution in [-0.2, 0) is 5.41 Å². The van der Waals surface area contributed by atoms with E-state index >= 15 is 0 Å². The molecule has 0 saturated carbocycles.